The zero-order chi connectivity index (χ0) is 24.5. The molecule has 0 saturated heterocycles. The van der Waals surface area contributed by atoms with Crippen LogP contribution in [0.4, 0.5) is 0 Å². The van der Waals surface area contributed by atoms with Gasteiger partial charge in [0.15, 0.2) is 11.5 Å². The molecule has 0 unspecified atom stereocenters. The van der Waals surface area contributed by atoms with Crippen molar-refractivity contribution in [1.29, 1.82) is 0 Å². The number of Topliss-reactive ketones (excluding diaryl/α,β-unsaturated/α-hetero) is 1. The van der Waals surface area contributed by atoms with Crippen LogP contribution >= 0.6 is 0 Å². The van der Waals surface area contributed by atoms with Crippen LogP contribution < -0.4 is 14.2 Å². The first-order chi connectivity index (χ1) is 17.2. The molecule has 0 aliphatic rings. The van der Waals surface area contributed by atoms with Crippen molar-refractivity contribution >= 4 is 5.78 Å². The van der Waals surface area contributed by atoms with Crippen molar-refractivity contribution in [3.05, 3.63) is 95.9 Å². The third-order valence-corrected chi connectivity index (χ3v) is 5.49. The highest BCUT2D eigenvalue weighted by atomic mass is 16.5. The number of aromatic nitrogens is 1. The lowest BCUT2D eigenvalue weighted by Gasteiger charge is -2.11. The van der Waals surface area contributed by atoms with Gasteiger partial charge < -0.3 is 18.6 Å². The van der Waals surface area contributed by atoms with Gasteiger partial charge in [-0.15, -0.1) is 0 Å². The lowest BCUT2D eigenvalue weighted by molar-refractivity contribution is -0.117. The molecule has 3 aromatic carbocycles. The van der Waals surface area contributed by atoms with E-state index in [1.165, 1.54) is 11.8 Å². The Morgan fingerprint density at radius 3 is 2.49 bits per heavy atom. The summed E-state index contributed by atoms with van der Waals surface area (Å²) >= 11 is 0. The van der Waals surface area contributed by atoms with Crippen LogP contribution in [0, 0.1) is 0 Å². The number of ether oxygens (including phenoxy) is 3. The van der Waals surface area contributed by atoms with Crippen molar-refractivity contribution in [3.63, 3.8) is 0 Å². The van der Waals surface area contributed by atoms with Crippen LogP contribution in [0.1, 0.15) is 23.7 Å². The summed E-state index contributed by atoms with van der Waals surface area (Å²) in [6.07, 6.45) is 2.77. The van der Waals surface area contributed by atoms with Crippen LogP contribution in [-0.4, -0.2) is 31.1 Å². The molecule has 0 aliphatic carbocycles. The van der Waals surface area contributed by atoms with E-state index in [0.29, 0.717) is 36.3 Å². The lowest BCUT2D eigenvalue weighted by Crippen LogP contribution is -2.08. The number of methoxy groups -OCH3 is 1. The van der Waals surface area contributed by atoms with Crippen LogP contribution in [0.2, 0.25) is 0 Å². The highest BCUT2D eigenvalue weighted by molar-refractivity contribution is 5.83. The minimum Gasteiger partial charge on any atom is -0.494 e. The Morgan fingerprint density at radius 1 is 0.886 bits per heavy atom. The summed E-state index contributed by atoms with van der Waals surface area (Å²) in [6, 6.07) is 23.3. The standard InChI is InChI=1S/C29H29NO5/c1-3-33-26-12-8-7-11-22(26)17-25(31)19-24-20-35-29(30-24)23-13-14-27(32-2)28(18-23)34-16-15-21-9-5-4-6-10-21/h4-14,18,20H,3,15-17,19H2,1-2H3. The molecule has 0 bridgehead atoms. The largest absolute Gasteiger partial charge is 0.494 e. The van der Waals surface area contributed by atoms with Crippen molar-refractivity contribution in [3.8, 4) is 28.7 Å². The second-order valence-electron chi connectivity index (χ2n) is 8.03. The van der Waals surface area contributed by atoms with Crippen molar-refractivity contribution in [2.45, 2.75) is 26.2 Å². The number of hydrogen-bond acceptors (Lipinski definition) is 6. The first-order valence-electron chi connectivity index (χ1n) is 11.7. The van der Waals surface area contributed by atoms with Gasteiger partial charge in [-0.25, -0.2) is 4.98 Å². The van der Waals surface area contributed by atoms with Gasteiger partial charge in [-0.3, -0.25) is 4.79 Å². The molecule has 0 radical (unpaired) electrons. The summed E-state index contributed by atoms with van der Waals surface area (Å²) in [6.45, 7) is 2.99. The summed E-state index contributed by atoms with van der Waals surface area (Å²) in [7, 11) is 1.61. The van der Waals surface area contributed by atoms with E-state index in [-0.39, 0.29) is 18.6 Å². The molecule has 35 heavy (non-hydrogen) atoms. The maximum absolute atomic E-state index is 12.7. The van der Waals surface area contributed by atoms with E-state index < -0.39 is 0 Å². The monoisotopic (exact) mass is 471 g/mol. The molecule has 0 N–H and O–H groups in total. The minimum absolute atomic E-state index is 0.0386. The van der Waals surface area contributed by atoms with E-state index in [9.17, 15) is 4.79 Å². The molecular weight excluding hydrogens is 442 g/mol. The fourth-order valence-electron chi connectivity index (χ4n) is 3.79. The smallest absolute Gasteiger partial charge is 0.226 e. The summed E-state index contributed by atoms with van der Waals surface area (Å²) < 4.78 is 22.8. The predicted octanol–water partition coefficient (Wildman–Crippen LogP) is 5.72. The van der Waals surface area contributed by atoms with Gasteiger partial charge in [-0.05, 0) is 36.8 Å². The van der Waals surface area contributed by atoms with Gasteiger partial charge in [-0.2, -0.15) is 0 Å². The van der Waals surface area contributed by atoms with E-state index in [1.807, 2.05) is 67.6 Å². The second kappa shape index (κ2) is 11.9. The molecule has 1 heterocycles. The van der Waals surface area contributed by atoms with Gasteiger partial charge in [0.25, 0.3) is 0 Å². The molecule has 0 atom stereocenters. The third kappa shape index (κ3) is 6.51. The van der Waals surface area contributed by atoms with Gasteiger partial charge >= 0.3 is 0 Å². The molecule has 6 heteroatoms. The zero-order valence-corrected chi connectivity index (χ0v) is 20.0. The number of benzene rings is 3. The first kappa shape index (κ1) is 24.1. The summed E-state index contributed by atoms with van der Waals surface area (Å²) in [5.74, 6) is 2.46. The van der Waals surface area contributed by atoms with Crippen LogP contribution in [0.3, 0.4) is 0 Å². The summed E-state index contributed by atoms with van der Waals surface area (Å²) in [4.78, 5) is 17.2. The summed E-state index contributed by atoms with van der Waals surface area (Å²) in [5.41, 5.74) is 3.41. The van der Waals surface area contributed by atoms with Crippen molar-refractivity contribution in [1.82, 2.24) is 4.98 Å². The average molecular weight is 472 g/mol. The van der Waals surface area contributed by atoms with Crippen LogP contribution in [0.25, 0.3) is 11.5 Å². The molecule has 6 nitrogen and oxygen atoms in total. The zero-order valence-electron chi connectivity index (χ0n) is 20.0. The third-order valence-electron chi connectivity index (χ3n) is 5.49. The van der Waals surface area contributed by atoms with Crippen molar-refractivity contribution < 1.29 is 23.4 Å². The van der Waals surface area contributed by atoms with Gasteiger partial charge in [0.1, 0.15) is 17.8 Å². The minimum atomic E-state index is 0.0386. The normalized spacial score (nSPS) is 10.7. The Bertz CT molecular complexity index is 1250. The number of rotatable bonds is 12. The second-order valence-corrected chi connectivity index (χ2v) is 8.03. The molecule has 0 spiro atoms. The van der Waals surface area contributed by atoms with Crippen molar-refractivity contribution in [2.24, 2.45) is 0 Å². The number of carbonyl (C=O) groups excluding carboxylic acids is 1. The van der Waals surface area contributed by atoms with Crippen LogP contribution in [-0.2, 0) is 24.1 Å². The summed E-state index contributed by atoms with van der Waals surface area (Å²) in [5, 5.41) is 0. The van der Waals surface area contributed by atoms with E-state index in [1.54, 1.807) is 7.11 Å². The van der Waals surface area contributed by atoms with E-state index in [4.69, 9.17) is 18.6 Å². The molecule has 4 aromatic rings. The number of oxazole rings is 1. The Balaban J connectivity index is 1.41. The number of para-hydroxylation sites is 1. The molecule has 0 fully saturated rings. The topological polar surface area (TPSA) is 70.8 Å². The fraction of sp³-hybridized carbons (Fsp3) is 0.241. The fourth-order valence-corrected chi connectivity index (χ4v) is 3.79. The van der Waals surface area contributed by atoms with Gasteiger partial charge in [0.05, 0.1) is 32.4 Å². The Kier molecular flexibility index (Phi) is 8.17. The number of ketones is 1. The SMILES string of the molecule is CCOc1ccccc1CC(=O)Cc1coc(-c2ccc(OC)c(OCCc3ccccc3)c2)n1. The molecular formula is C29H29NO5. The Hall–Kier alpha value is -4.06. The Labute approximate surface area is 205 Å². The number of nitrogens with zero attached hydrogens (tertiary/aromatic N) is 1. The highest BCUT2D eigenvalue weighted by Crippen LogP contribution is 2.32. The maximum Gasteiger partial charge on any atom is 0.226 e. The predicted molar refractivity (Wildman–Crippen MR) is 134 cm³/mol. The van der Waals surface area contributed by atoms with Gasteiger partial charge in [0, 0.05) is 24.0 Å². The van der Waals surface area contributed by atoms with E-state index in [2.05, 4.69) is 17.1 Å². The van der Waals surface area contributed by atoms with E-state index >= 15 is 0 Å². The molecule has 0 aliphatic heterocycles. The van der Waals surface area contributed by atoms with Gasteiger partial charge in [-0.1, -0.05) is 48.5 Å². The maximum atomic E-state index is 12.7. The van der Waals surface area contributed by atoms with Crippen LogP contribution in [0.15, 0.2) is 83.5 Å². The van der Waals surface area contributed by atoms with Gasteiger partial charge in [0.2, 0.25) is 5.89 Å². The lowest BCUT2D eigenvalue weighted by atomic mass is 10.1. The molecule has 0 saturated carbocycles. The molecule has 4 rings (SSSR count). The molecule has 0 amide bonds. The number of carbonyl (C=O) groups is 1. The average Bonchev–Trinajstić information content (AvgIpc) is 3.34. The van der Waals surface area contributed by atoms with Crippen molar-refractivity contribution in [2.75, 3.05) is 20.3 Å². The molecule has 180 valence electrons. The van der Waals surface area contributed by atoms with E-state index in [0.717, 1.165) is 23.3 Å². The highest BCUT2D eigenvalue weighted by Gasteiger charge is 2.15. The quantitative estimate of drug-likeness (QED) is 0.263. The molecule has 1 aromatic heterocycles. The number of hydrogen-bond donors (Lipinski definition) is 0. The van der Waals surface area contributed by atoms with Crippen LogP contribution in [0.5, 0.6) is 17.2 Å². The Morgan fingerprint density at radius 2 is 1.69 bits per heavy atom. The first-order valence-corrected chi connectivity index (χ1v) is 11.7.